The van der Waals surface area contributed by atoms with E-state index in [0.717, 1.165) is 16.4 Å². The summed E-state index contributed by atoms with van der Waals surface area (Å²) in [7, 11) is 3.17. The molecule has 0 heterocycles. The predicted molar refractivity (Wildman–Crippen MR) is 111 cm³/mol. The lowest BCUT2D eigenvalue weighted by atomic mass is 9.71. The Hall–Kier alpha value is -1.76. The van der Waals surface area contributed by atoms with Crippen molar-refractivity contribution < 1.29 is 14.3 Å². The average Bonchev–Trinajstić information content (AvgIpc) is 2.64. The highest BCUT2D eigenvalue weighted by molar-refractivity contribution is 14.1. The van der Waals surface area contributed by atoms with Gasteiger partial charge in [-0.15, -0.1) is 0 Å². The Morgan fingerprint density at radius 2 is 1.81 bits per heavy atom. The third-order valence-corrected chi connectivity index (χ3v) is 6.04. The summed E-state index contributed by atoms with van der Waals surface area (Å²) in [5, 5.41) is 3.22. The SMILES string of the molecule is COc1cc(I)c(C(=O)NC2CCC(C)(C)c3ccccc32)cc1OC. The van der Waals surface area contributed by atoms with Gasteiger partial charge in [-0.1, -0.05) is 38.1 Å². The highest BCUT2D eigenvalue weighted by Gasteiger charge is 2.33. The van der Waals surface area contributed by atoms with Crippen molar-refractivity contribution in [1.82, 2.24) is 5.32 Å². The summed E-state index contributed by atoms with van der Waals surface area (Å²) < 4.78 is 11.5. The fourth-order valence-electron chi connectivity index (χ4n) is 3.63. The molecule has 0 fully saturated rings. The quantitative estimate of drug-likeness (QED) is 0.657. The Labute approximate surface area is 168 Å². The van der Waals surface area contributed by atoms with Crippen LogP contribution in [-0.2, 0) is 5.41 Å². The van der Waals surface area contributed by atoms with E-state index in [1.165, 1.54) is 11.1 Å². The van der Waals surface area contributed by atoms with Gasteiger partial charge in [0.15, 0.2) is 11.5 Å². The van der Waals surface area contributed by atoms with Crippen LogP contribution in [0.2, 0.25) is 0 Å². The van der Waals surface area contributed by atoms with Gasteiger partial charge in [-0.05, 0) is 64.1 Å². The van der Waals surface area contributed by atoms with Crippen LogP contribution in [0.1, 0.15) is 54.2 Å². The van der Waals surface area contributed by atoms with E-state index >= 15 is 0 Å². The largest absolute Gasteiger partial charge is 0.493 e. The molecule has 0 aliphatic heterocycles. The first kappa shape index (κ1) is 19.0. The molecule has 0 radical (unpaired) electrons. The summed E-state index contributed by atoms with van der Waals surface area (Å²) in [5.74, 6) is 1.09. The first-order valence-corrected chi connectivity index (χ1v) is 9.77. The number of carbonyl (C=O) groups excluding carboxylic acids is 1. The second kappa shape index (κ2) is 7.47. The number of fused-ring (bicyclic) bond motifs is 1. The maximum atomic E-state index is 13.0. The van der Waals surface area contributed by atoms with Gasteiger partial charge in [0, 0.05) is 3.57 Å². The van der Waals surface area contributed by atoms with Gasteiger partial charge in [0.1, 0.15) is 0 Å². The molecule has 2 aromatic rings. The second-order valence-corrected chi connectivity index (χ2v) is 8.39. The average molecular weight is 465 g/mol. The topological polar surface area (TPSA) is 47.6 Å². The van der Waals surface area contributed by atoms with Crippen molar-refractivity contribution in [2.75, 3.05) is 14.2 Å². The van der Waals surface area contributed by atoms with E-state index in [-0.39, 0.29) is 17.4 Å². The Balaban J connectivity index is 1.90. The molecule has 1 N–H and O–H groups in total. The van der Waals surface area contributed by atoms with Crippen LogP contribution in [0.5, 0.6) is 11.5 Å². The number of halogens is 1. The minimum absolute atomic E-state index is 0.0237. The fourth-order valence-corrected chi connectivity index (χ4v) is 4.31. The monoisotopic (exact) mass is 465 g/mol. The molecule has 0 aromatic heterocycles. The van der Waals surface area contributed by atoms with Gasteiger partial charge in [-0.3, -0.25) is 4.79 Å². The summed E-state index contributed by atoms with van der Waals surface area (Å²) in [6, 6.07) is 12.0. The second-order valence-electron chi connectivity index (χ2n) is 7.22. The Morgan fingerprint density at radius 1 is 1.15 bits per heavy atom. The zero-order valence-corrected chi connectivity index (χ0v) is 17.7. The number of carbonyl (C=O) groups is 1. The maximum Gasteiger partial charge on any atom is 0.252 e. The van der Waals surface area contributed by atoms with Gasteiger partial charge in [-0.2, -0.15) is 0 Å². The molecular weight excluding hydrogens is 441 g/mol. The number of benzene rings is 2. The molecule has 0 spiro atoms. The van der Waals surface area contributed by atoms with Crippen molar-refractivity contribution in [1.29, 1.82) is 0 Å². The molecule has 0 bridgehead atoms. The standard InChI is InChI=1S/C21H24INO3/c1-21(2)10-9-17(13-7-5-6-8-15(13)21)23-20(24)14-11-18(25-3)19(26-4)12-16(14)22/h5-8,11-12,17H,9-10H2,1-4H3,(H,23,24). The zero-order chi connectivity index (χ0) is 18.9. The molecule has 26 heavy (non-hydrogen) atoms. The van der Waals surface area contributed by atoms with Crippen LogP contribution in [0.15, 0.2) is 36.4 Å². The van der Waals surface area contributed by atoms with E-state index in [9.17, 15) is 4.79 Å². The molecule has 5 heteroatoms. The summed E-state index contributed by atoms with van der Waals surface area (Å²) in [6.07, 6.45) is 1.97. The lowest BCUT2D eigenvalue weighted by Crippen LogP contribution is -2.36. The number of rotatable bonds is 4. The van der Waals surface area contributed by atoms with Crippen LogP contribution in [0.25, 0.3) is 0 Å². The molecular formula is C21H24INO3. The van der Waals surface area contributed by atoms with E-state index in [2.05, 4.69) is 60.0 Å². The van der Waals surface area contributed by atoms with Gasteiger partial charge < -0.3 is 14.8 Å². The Morgan fingerprint density at radius 3 is 2.50 bits per heavy atom. The van der Waals surface area contributed by atoms with Crippen molar-refractivity contribution in [3.05, 3.63) is 56.7 Å². The Bertz CT molecular complexity index is 832. The van der Waals surface area contributed by atoms with E-state index in [0.29, 0.717) is 17.1 Å². The van der Waals surface area contributed by atoms with Crippen LogP contribution >= 0.6 is 22.6 Å². The van der Waals surface area contributed by atoms with Crippen LogP contribution in [0.4, 0.5) is 0 Å². The summed E-state index contributed by atoms with van der Waals surface area (Å²) >= 11 is 2.16. The first-order chi connectivity index (χ1) is 12.4. The van der Waals surface area contributed by atoms with Crippen molar-refractivity contribution in [3.8, 4) is 11.5 Å². The van der Waals surface area contributed by atoms with Gasteiger partial charge in [0.05, 0.1) is 25.8 Å². The third-order valence-electron chi connectivity index (χ3n) is 5.15. The highest BCUT2D eigenvalue weighted by Crippen LogP contribution is 2.41. The first-order valence-electron chi connectivity index (χ1n) is 8.69. The summed E-state index contributed by atoms with van der Waals surface area (Å²) in [5.41, 5.74) is 3.27. The molecule has 138 valence electrons. The minimum Gasteiger partial charge on any atom is -0.493 e. The molecule has 0 saturated carbocycles. The maximum absolute atomic E-state index is 13.0. The number of methoxy groups -OCH3 is 2. The summed E-state index contributed by atoms with van der Waals surface area (Å²) in [6.45, 7) is 4.53. The smallest absolute Gasteiger partial charge is 0.252 e. The number of amides is 1. The fraction of sp³-hybridized carbons (Fsp3) is 0.381. The third kappa shape index (κ3) is 3.54. The molecule has 3 rings (SSSR count). The van der Waals surface area contributed by atoms with E-state index in [4.69, 9.17) is 9.47 Å². The molecule has 1 atom stereocenters. The van der Waals surface area contributed by atoms with Gasteiger partial charge >= 0.3 is 0 Å². The van der Waals surface area contributed by atoms with E-state index in [1.54, 1.807) is 20.3 Å². The molecule has 4 nitrogen and oxygen atoms in total. The molecule has 1 aliphatic rings. The Kier molecular flexibility index (Phi) is 5.46. The van der Waals surface area contributed by atoms with Crippen LogP contribution in [-0.4, -0.2) is 20.1 Å². The van der Waals surface area contributed by atoms with Crippen LogP contribution in [0.3, 0.4) is 0 Å². The number of nitrogens with one attached hydrogen (secondary N) is 1. The van der Waals surface area contributed by atoms with Gasteiger partial charge in [-0.25, -0.2) is 0 Å². The molecule has 2 aromatic carbocycles. The van der Waals surface area contributed by atoms with Crippen molar-refractivity contribution in [3.63, 3.8) is 0 Å². The predicted octanol–water partition coefficient (Wildman–Crippen LogP) is 4.85. The molecule has 1 unspecified atom stereocenters. The van der Waals surface area contributed by atoms with Crippen molar-refractivity contribution in [2.45, 2.75) is 38.1 Å². The van der Waals surface area contributed by atoms with Crippen molar-refractivity contribution in [2.24, 2.45) is 0 Å². The summed E-state index contributed by atoms with van der Waals surface area (Å²) in [4.78, 5) is 13.0. The van der Waals surface area contributed by atoms with Gasteiger partial charge in [0.2, 0.25) is 0 Å². The van der Waals surface area contributed by atoms with Crippen LogP contribution in [0, 0.1) is 3.57 Å². The molecule has 1 amide bonds. The number of hydrogen-bond donors (Lipinski definition) is 1. The lowest BCUT2D eigenvalue weighted by molar-refractivity contribution is 0.0928. The molecule has 0 saturated heterocycles. The highest BCUT2D eigenvalue weighted by atomic mass is 127. The molecule has 1 aliphatic carbocycles. The lowest BCUT2D eigenvalue weighted by Gasteiger charge is -2.37. The van der Waals surface area contributed by atoms with Crippen LogP contribution < -0.4 is 14.8 Å². The van der Waals surface area contributed by atoms with Crippen molar-refractivity contribution >= 4 is 28.5 Å². The number of ether oxygens (including phenoxy) is 2. The zero-order valence-electron chi connectivity index (χ0n) is 15.6. The normalized spacial score (nSPS) is 18.0. The minimum atomic E-state index is -0.0881. The van der Waals surface area contributed by atoms with Gasteiger partial charge in [0.25, 0.3) is 5.91 Å². The van der Waals surface area contributed by atoms with E-state index in [1.807, 2.05) is 12.1 Å². The number of hydrogen-bond acceptors (Lipinski definition) is 3. The van der Waals surface area contributed by atoms with E-state index < -0.39 is 0 Å².